The van der Waals surface area contributed by atoms with Crippen molar-refractivity contribution in [3.8, 4) is 0 Å². The molecule has 104 valence electrons. The highest BCUT2D eigenvalue weighted by molar-refractivity contribution is 6.04. The molecule has 2 aromatic carbocycles. The summed E-state index contributed by atoms with van der Waals surface area (Å²) >= 11 is 0. The molecule has 0 aliphatic rings. The fourth-order valence-electron chi connectivity index (χ4n) is 2.01. The predicted octanol–water partition coefficient (Wildman–Crippen LogP) is 3.21. The van der Waals surface area contributed by atoms with Crippen LogP contribution in [0.1, 0.15) is 10.5 Å². The molecule has 4 nitrogen and oxygen atoms in total. The Kier molecular flexibility index (Phi) is 3.23. The van der Waals surface area contributed by atoms with Crippen molar-refractivity contribution in [2.45, 2.75) is 0 Å². The van der Waals surface area contributed by atoms with Crippen molar-refractivity contribution in [3.05, 3.63) is 66.1 Å². The summed E-state index contributed by atoms with van der Waals surface area (Å²) in [6.07, 6.45) is 0. The number of nitrogens with zero attached hydrogens (tertiary/aromatic N) is 1. The zero-order valence-electron chi connectivity index (χ0n) is 11.0. The molecule has 1 heterocycles. The first-order chi connectivity index (χ1) is 10.1. The van der Waals surface area contributed by atoms with E-state index in [0.29, 0.717) is 11.2 Å². The third kappa shape index (κ3) is 2.67. The molecule has 0 bridgehead atoms. The smallest absolute Gasteiger partial charge is 0.274 e. The topological polar surface area (TPSA) is 68.0 Å². The minimum atomic E-state index is -0.580. The summed E-state index contributed by atoms with van der Waals surface area (Å²) in [4.78, 5) is 16.4. The molecule has 0 unspecified atom stereocenters. The highest BCUT2D eigenvalue weighted by Gasteiger charge is 2.11. The second kappa shape index (κ2) is 5.20. The standard InChI is InChI=1S/C16H12FN3O/c17-12-9-11(18)6-8-14(12)20-16(21)15-7-5-10-3-1-2-4-13(10)19-15/h1-9H,18H2,(H,20,21). The molecule has 0 radical (unpaired) electrons. The van der Waals surface area contributed by atoms with Gasteiger partial charge in [0.2, 0.25) is 0 Å². The summed E-state index contributed by atoms with van der Waals surface area (Å²) in [6, 6.07) is 15.0. The zero-order valence-corrected chi connectivity index (χ0v) is 11.0. The molecule has 3 aromatic rings. The number of fused-ring (bicyclic) bond motifs is 1. The van der Waals surface area contributed by atoms with Gasteiger partial charge in [-0.2, -0.15) is 0 Å². The first-order valence-corrected chi connectivity index (χ1v) is 6.36. The van der Waals surface area contributed by atoms with Crippen molar-refractivity contribution in [2.24, 2.45) is 0 Å². The lowest BCUT2D eigenvalue weighted by molar-refractivity contribution is 0.102. The number of pyridine rings is 1. The number of para-hydroxylation sites is 1. The number of benzene rings is 2. The Labute approximate surface area is 120 Å². The third-order valence-corrected chi connectivity index (χ3v) is 3.07. The van der Waals surface area contributed by atoms with Crippen molar-refractivity contribution in [3.63, 3.8) is 0 Å². The maximum absolute atomic E-state index is 13.7. The largest absolute Gasteiger partial charge is 0.399 e. The number of carbonyl (C=O) groups excluding carboxylic acids is 1. The average molecular weight is 281 g/mol. The number of anilines is 2. The van der Waals surface area contributed by atoms with Crippen LogP contribution in [0.5, 0.6) is 0 Å². The van der Waals surface area contributed by atoms with Gasteiger partial charge in [-0.1, -0.05) is 24.3 Å². The van der Waals surface area contributed by atoms with Crippen molar-refractivity contribution in [2.75, 3.05) is 11.1 Å². The summed E-state index contributed by atoms with van der Waals surface area (Å²) in [7, 11) is 0. The molecule has 3 rings (SSSR count). The van der Waals surface area contributed by atoms with Crippen LogP contribution in [0.2, 0.25) is 0 Å². The Morgan fingerprint density at radius 2 is 1.90 bits per heavy atom. The highest BCUT2D eigenvalue weighted by Crippen LogP contribution is 2.18. The number of halogens is 1. The third-order valence-electron chi connectivity index (χ3n) is 3.07. The molecule has 0 saturated heterocycles. The SMILES string of the molecule is Nc1ccc(NC(=O)c2ccc3ccccc3n2)c(F)c1. The molecule has 0 spiro atoms. The van der Waals surface area contributed by atoms with E-state index >= 15 is 0 Å². The molecule has 21 heavy (non-hydrogen) atoms. The van der Waals surface area contributed by atoms with Crippen LogP contribution < -0.4 is 11.1 Å². The van der Waals surface area contributed by atoms with Crippen LogP contribution in [0.4, 0.5) is 15.8 Å². The number of amides is 1. The Morgan fingerprint density at radius 1 is 1.10 bits per heavy atom. The van der Waals surface area contributed by atoms with Gasteiger partial charge in [0.25, 0.3) is 5.91 Å². The summed E-state index contributed by atoms with van der Waals surface area (Å²) in [5.74, 6) is -1.05. The number of aromatic nitrogens is 1. The Morgan fingerprint density at radius 3 is 2.71 bits per heavy atom. The minimum Gasteiger partial charge on any atom is -0.399 e. The molecule has 5 heteroatoms. The number of carbonyl (C=O) groups is 1. The van der Waals surface area contributed by atoms with Crippen molar-refractivity contribution >= 4 is 28.2 Å². The van der Waals surface area contributed by atoms with Crippen LogP contribution in [0.15, 0.2) is 54.6 Å². The number of rotatable bonds is 2. The molecule has 0 fully saturated rings. The van der Waals surface area contributed by atoms with E-state index in [4.69, 9.17) is 5.73 Å². The molecule has 0 aliphatic carbocycles. The number of nitrogens with one attached hydrogen (secondary N) is 1. The van der Waals surface area contributed by atoms with Crippen molar-refractivity contribution < 1.29 is 9.18 Å². The molecule has 0 aliphatic heterocycles. The van der Waals surface area contributed by atoms with Crippen LogP contribution in [0.25, 0.3) is 10.9 Å². The molecular weight excluding hydrogens is 269 g/mol. The summed E-state index contributed by atoms with van der Waals surface area (Å²) in [5.41, 5.74) is 6.78. The van der Waals surface area contributed by atoms with E-state index in [1.807, 2.05) is 24.3 Å². The predicted molar refractivity (Wildman–Crippen MR) is 80.5 cm³/mol. The number of hydrogen-bond donors (Lipinski definition) is 2. The lowest BCUT2D eigenvalue weighted by Gasteiger charge is -2.07. The van der Waals surface area contributed by atoms with Gasteiger partial charge in [0.05, 0.1) is 11.2 Å². The lowest BCUT2D eigenvalue weighted by atomic mass is 10.2. The van der Waals surface area contributed by atoms with Gasteiger partial charge in [-0.15, -0.1) is 0 Å². The second-order valence-electron chi connectivity index (χ2n) is 4.58. The molecular formula is C16H12FN3O. The van der Waals surface area contributed by atoms with Crippen LogP contribution in [0, 0.1) is 5.82 Å². The fraction of sp³-hybridized carbons (Fsp3) is 0. The lowest BCUT2D eigenvalue weighted by Crippen LogP contribution is -2.14. The van der Waals surface area contributed by atoms with E-state index in [-0.39, 0.29) is 11.4 Å². The number of hydrogen-bond acceptors (Lipinski definition) is 3. The van der Waals surface area contributed by atoms with Crippen LogP contribution in [-0.4, -0.2) is 10.9 Å². The molecule has 0 saturated carbocycles. The van der Waals surface area contributed by atoms with E-state index in [9.17, 15) is 9.18 Å². The van der Waals surface area contributed by atoms with Gasteiger partial charge in [0.15, 0.2) is 0 Å². The number of nitrogens with two attached hydrogens (primary N) is 1. The summed E-state index contributed by atoms with van der Waals surface area (Å²) in [5, 5.41) is 3.42. The van der Waals surface area contributed by atoms with E-state index in [1.165, 1.54) is 12.1 Å². The fourth-order valence-corrected chi connectivity index (χ4v) is 2.01. The van der Waals surface area contributed by atoms with E-state index in [0.717, 1.165) is 11.5 Å². The summed E-state index contributed by atoms with van der Waals surface area (Å²) < 4.78 is 13.7. The molecule has 1 amide bonds. The maximum atomic E-state index is 13.7. The van der Waals surface area contributed by atoms with Gasteiger partial charge in [-0.25, -0.2) is 9.37 Å². The Hall–Kier alpha value is -2.95. The number of nitrogen functional groups attached to an aromatic ring is 1. The van der Waals surface area contributed by atoms with Crippen LogP contribution >= 0.6 is 0 Å². The van der Waals surface area contributed by atoms with Crippen molar-refractivity contribution in [1.82, 2.24) is 4.98 Å². The zero-order chi connectivity index (χ0) is 14.8. The maximum Gasteiger partial charge on any atom is 0.274 e. The first kappa shape index (κ1) is 13.1. The van der Waals surface area contributed by atoms with Gasteiger partial charge >= 0.3 is 0 Å². The molecule has 1 aromatic heterocycles. The Balaban J connectivity index is 1.89. The van der Waals surface area contributed by atoms with Gasteiger partial charge < -0.3 is 11.1 Å². The normalized spacial score (nSPS) is 10.5. The van der Waals surface area contributed by atoms with Crippen molar-refractivity contribution in [1.29, 1.82) is 0 Å². The van der Waals surface area contributed by atoms with Gasteiger partial charge in [-0.05, 0) is 30.3 Å². The summed E-state index contributed by atoms with van der Waals surface area (Å²) in [6.45, 7) is 0. The van der Waals surface area contributed by atoms with Crippen LogP contribution in [-0.2, 0) is 0 Å². The van der Waals surface area contributed by atoms with Crippen LogP contribution in [0.3, 0.4) is 0 Å². The average Bonchev–Trinajstić information content (AvgIpc) is 2.49. The first-order valence-electron chi connectivity index (χ1n) is 6.36. The van der Waals surface area contributed by atoms with E-state index in [2.05, 4.69) is 10.3 Å². The highest BCUT2D eigenvalue weighted by atomic mass is 19.1. The monoisotopic (exact) mass is 281 g/mol. The van der Waals surface area contributed by atoms with Gasteiger partial charge in [-0.3, -0.25) is 4.79 Å². The second-order valence-corrected chi connectivity index (χ2v) is 4.58. The molecule has 0 atom stereocenters. The Bertz CT molecular complexity index is 833. The quantitative estimate of drug-likeness (QED) is 0.709. The van der Waals surface area contributed by atoms with Gasteiger partial charge in [0, 0.05) is 11.1 Å². The van der Waals surface area contributed by atoms with Gasteiger partial charge in [0.1, 0.15) is 11.5 Å². The molecule has 3 N–H and O–H groups in total. The van der Waals surface area contributed by atoms with E-state index in [1.54, 1.807) is 12.1 Å². The minimum absolute atomic E-state index is 0.0733. The van der Waals surface area contributed by atoms with E-state index < -0.39 is 11.7 Å².